The number of anilines is 2. The van der Waals surface area contributed by atoms with Gasteiger partial charge in [0.05, 0.1) is 5.75 Å². The molecule has 0 atom stereocenters. The van der Waals surface area contributed by atoms with Gasteiger partial charge in [-0.15, -0.1) is 0 Å². The van der Waals surface area contributed by atoms with E-state index in [1.165, 1.54) is 6.07 Å². The van der Waals surface area contributed by atoms with Crippen LogP contribution in [0.3, 0.4) is 0 Å². The quantitative estimate of drug-likeness (QED) is 0.830. The number of benzene rings is 2. The molecule has 0 radical (unpaired) electrons. The largest absolute Gasteiger partial charge is 0.322 e. The van der Waals surface area contributed by atoms with E-state index in [9.17, 15) is 13.2 Å². The van der Waals surface area contributed by atoms with Crippen molar-refractivity contribution >= 4 is 43.2 Å². The topological polar surface area (TPSA) is 75.3 Å². The van der Waals surface area contributed by atoms with Gasteiger partial charge in [-0.05, 0) is 43.3 Å². The first-order valence-corrected chi connectivity index (χ1v) is 9.01. The van der Waals surface area contributed by atoms with Gasteiger partial charge >= 0.3 is 0 Å². The molecule has 0 bridgehead atoms. The van der Waals surface area contributed by atoms with E-state index < -0.39 is 10.0 Å². The molecule has 2 aromatic carbocycles. The normalized spacial score (nSPS) is 11.0. The van der Waals surface area contributed by atoms with Crippen molar-refractivity contribution in [1.82, 2.24) is 0 Å². The van der Waals surface area contributed by atoms with Crippen molar-refractivity contribution in [3.05, 3.63) is 58.6 Å². The van der Waals surface area contributed by atoms with E-state index in [0.29, 0.717) is 16.9 Å². The number of carbonyl (C=O) groups is 1. The number of rotatable bonds is 5. The monoisotopic (exact) mass is 382 g/mol. The zero-order valence-electron chi connectivity index (χ0n) is 11.8. The van der Waals surface area contributed by atoms with E-state index in [-0.39, 0.29) is 11.7 Å². The third kappa shape index (κ3) is 4.57. The molecule has 0 fully saturated rings. The van der Waals surface area contributed by atoms with Gasteiger partial charge in [0.15, 0.2) is 0 Å². The van der Waals surface area contributed by atoms with E-state index in [0.717, 1.165) is 4.47 Å². The molecule has 0 aromatic heterocycles. The first kappa shape index (κ1) is 16.5. The van der Waals surface area contributed by atoms with Gasteiger partial charge in [0.25, 0.3) is 5.91 Å². The molecule has 2 aromatic rings. The van der Waals surface area contributed by atoms with Crippen LogP contribution in [0.4, 0.5) is 11.4 Å². The van der Waals surface area contributed by atoms with Crippen molar-refractivity contribution in [2.24, 2.45) is 0 Å². The maximum absolute atomic E-state index is 12.2. The lowest BCUT2D eigenvalue weighted by atomic mass is 10.2. The highest BCUT2D eigenvalue weighted by Gasteiger charge is 2.10. The number of sulfonamides is 1. The number of nitrogens with one attached hydrogen (secondary N) is 2. The molecule has 0 aliphatic heterocycles. The van der Waals surface area contributed by atoms with Crippen LogP contribution in [0.25, 0.3) is 0 Å². The van der Waals surface area contributed by atoms with Crippen molar-refractivity contribution in [2.75, 3.05) is 15.8 Å². The Bertz CT molecular complexity index is 791. The zero-order chi connectivity index (χ0) is 16.2. The van der Waals surface area contributed by atoms with Gasteiger partial charge < -0.3 is 5.32 Å². The number of amides is 1. The van der Waals surface area contributed by atoms with E-state index in [1.54, 1.807) is 37.3 Å². The fourth-order valence-electron chi connectivity index (χ4n) is 1.75. The fraction of sp³-hybridized carbons (Fsp3) is 0.133. The van der Waals surface area contributed by atoms with Crippen LogP contribution in [0.1, 0.15) is 17.3 Å². The van der Waals surface area contributed by atoms with Gasteiger partial charge in [0.1, 0.15) is 0 Å². The summed E-state index contributed by atoms with van der Waals surface area (Å²) in [5, 5.41) is 2.76. The van der Waals surface area contributed by atoms with Gasteiger partial charge in [-0.2, -0.15) is 0 Å². The Morgan fingerprint density at radius 3 is 2.45 bits per heavy atom. The van der Waals surface area contributed by atoms with E-state index in [2.05, 4.69) is 26.0 Å². The molecule has 2 rings (SSSR count). The van der Waals surface area contributed by atoms with Crippen LogP contribution < -0.4 is 10.0 Å². The maximum atomic E-state index is 12.2. The Morgan fingerprint density at radius 2 is 1.77 bits per heavy atom. The van der Waals surface area contributed by atoms with E-state index >= 15 is 0 Å². The van der Waals surface area contributed by atoms with Crippen molar-refractivity contribution < 1.29 is 13.2 Å². The predicted octanol–water partition coefficient (Wildman–Crippen LogP) is 3.46. The number of halogens is 1. The van der Waals surface area contributed by atoms with Gasteiger partial charge in [-0.1, -0.05) is 28.1 Å². The highest BCUT2D eigenvalue weighted by Crippen LogP contribution is 2.18. The lowest BCUT2D eigenvalue weighted by molar-refractivity contribution is 0.102. The summed E-state index contributed by atoms with van der Waals surface area (Å²) in [7, 11) is -3.37. The molecule has 0 unspecified atom stereocenters. The van der Waals surface area contributed by atoms with Crippen LogP contribution >= 0.6 is 15.9 Å². The minimum Gasteiger partial charge on any atom is -0.322 e. The van der Waals surface area contributed by atoms with E-state index in [1.807, 2.05) is 12.1 Å². The minimum atomic E-state index is -3.37. The molecular formula is C15H15BrN2O3S. The molecular weight excluding hydrogens is 368 g/mol. The molecule has 0 aliphatic rings. The highest BCUT2D eigenvalue weighted by molar-refractivity contribution is 9.10. The van der Waals surface area contributed by atoms with Crippen LogP contribution in [0, 0.1) is 0 Å². The second-order valence-corrected chi connectivity index (χ2v) is 7.48. The summed E-state index contributed by atoms with van der Waals surface area (Å²) in [6.07, 6.45) is 0. The smallest absolute Gasteiger partial charge is 0.255 e. The third-order valence-corrected chi connectivity index (χ3v) is 4.66. The van der Waals surface area contributed by atoms with Crippen LogP contribution in [-0.2, 0) is 10.0 Å². The first-order chi connectivity index (χ1) is 10.4. The first-order valence-electron chi connectivity index (χ1n) is 6.57. The number of carbonyl (C=O) groups excluding carboxylic acids is 1. The van der Waals surface area contributed by atoms with Crippen molar-refractivity contribution in [3.8, 4) is 0 Å². The minimum absolute atomic E-state index is 0.0263. The molecule has 0 aliphatic carbocycles. The summed E-state index contributed by atoms with van der Waals surface area (Å²) in [6, 6.07) is 13.6. The summed E-state index contributed by atoms with van der Waals surface area (Å²) >= 11 is 3.33. The average Bonchev–Trinajstić information content (AvgIpc) is 2.47. The Hall–Kier alpha value is -1.86. The Morgan fingerprint density at radius 1 is 1.09 bits per heavy atom. The molecule has 22 heavy (non-hydrogen) atoms. The maximum Gasteiger partial charge on any atom is 0.255 e. The average molecular weight is 383 g/mol. The van der Waals surface area contributed by atoms with Crippen molar-refractivity contribution in [3.63, 3.8) is 0 Å². The van der Waals surface area contributed by atoms with Gasteiger partial charge in [-0.3, -0.25) is 9.52 Å². The lowest BCUT2D eigenvalue weighted by Crippen LogP contribution is -2.16. The molecule has 0 saturated heterocycles. The van der Waals surface area contributed by atoms with Crippen LogP contribution in [0.2, 0.25) is 0 Å². The summed E-state index contributed by atoms with van der Waals surface area (Å²) in [6.45, 7) is 1.55. The Kier molecular flexibility index (Phi) is 5.20. The van der Waals surface area contributed by atoms with Crippen molar-refractivity contribution in [2.45, 2.75) is 6.92 Å². The summed E-state index contributed by atoms with van der Waals surface area (Å²) in [5.41, 5.74) is 1.39. The highest BCUT2D eigenvalue weighted by atomic mass is 79.9. The summed E-state index contributed by atoms with van der Waals surface area (Å²) < 4.78 is 26.4. The predicted molar refractivity (Wildman–Crippen MR) is 91.6 cm³/mol. The van der Waals surface area contributed by atoms with Gasteiger partial charge in [0, 0.05) is 21.4 Å². The Labute approximate surface area is 137 Å². The lowest BCUT2D eigenvalue weighted by Gasteiger charge is -2.09. The second-order valence-electron chi connectivity index (χ2n) is 4.55. The van der Waals surface area contributed by atoms with Gasteiger partial charge in [0.2, 0.25) is 10.0 Å². The molecule has 5 nitrogen and oxygen atoms in total. The number of hydrogen-bond acceptors (Lipinski definition) is 3. The van der Waals surface area contributed by atoms with Gasteiger partial charge in [-0.25, -0.2) is 8.42 Å². The molecule has 0 saturated carbocycles. The molecule has 116 valence electrons. The van der Waals surface area contributed by atoms with Crippen LogP contribution in [0.15, 0.2) is 53.0 Å². The molecule has 7 heteroatoms. The van der Waals surface area contributed by atoms with Crippen LogP contribution in [-0.4, -0.2) is 20.1 Å². The van der Waals surface area contributed by atoms with Crippen LogP contribution in [0.5, 0.6) is 0 Å². The number of hydrogen-bond donors (Lipinski definition) is 2. The molecule has 0 heterocycles. The fourth-order valence-corrected chi connectivity index (χ4v) is 2.77. The van der Waals surface area contributed by atoms with E-state index in [4.69, 9.17) is 0 Å². The molecule has 2 N–H and O–H groups in total. The summed E-state index contributed by atoms with van der Waals surface area (Å²) in [4.78, 5) is 12.2. The molecule has 1 amide bonds. The second kappa shape index (κ2) is 6.93. The SMILES string of the molecule is CCS(=O)(=O)Nc1cccc(C(=O)Nc2cccc(Br)c2)c1. The third-order valence-electron chi connectivity index (χ3n) is 2.86. The standard InChI is InChI=1S/C15H15BrN2O3S/c1-2-22(20,21)18-14-8-3-5-11(9-14)15(19)17-13-7-4-6-12(16)10-13/h3-10,18H,2H2,1H3,(H,17,19). The van der Waals surface area contributed by atoms with Crippen molar-refractivity contribution in [1.29, 1.82) is 0 Å². The summed E-state index contributed by atoms with van der Waals surface area (Å²) in [5.74, 6) is -0.336. The zero-order valence-corrected chi connectivity index (χ0v) is 14.2. The molecule has 0 spiro atoms. The Balaban J connectivity index is 2.17.